The zero-order chi connectivity index (χ0) is 23.0. The summed E-state index contributed by atoms with van der Waals surface area (Å²) in [5, 5.41) is 19.1. The fraction of sp³-hybridized carbons (Fsp3) is 0.333. The number of piperazine rings is 1. The minimum absolute atomic E-state index is 0.0213. The molecule has 0 N–H and O–H groups in total. The second-order valence-corrected chi connectivity index (χ2v) is 8.24. The lowest BCUT2D eigenvalue weighted by atomic mass is 10.1. The minimum Gasteiger partial charge on any atom is -0.366 e. The maximum Gasteiger partial charge on any atom is 0.270 e. The summed E-state index contributed by atoms with van der Waals surface area (Å²) in [4.78, 5) is 21.5. The molecule has 7 nitrogen and oxygen atoms in total. The molecular formula is C24H23FN6O. The molecule has 1 aliphatic rings. The van der Waals surface area contributed by atoms with Crippen LogP contribution in [-0.2, 0) is 13.6 Å². The van der Waals surface area contributed by atoms with Gasteiger partial charge in [0, 0.05) is 44.8 Å². The van der Waals surface area contributed by atoms with E-state index in [2.05, 4.69) is 16.0 Å². The van der Waals surface area contributed by atoms with Gasteiger partial charge in [-0.3, -0.25) is 9.69 Å². The van der Waals surface area contributed by atoms with Gasteiger partial charge in [-0.05, 0) is 32.0 Å². The zero-order valence-electron chi connectivity index (χ0n) is 18.3. The number of hydrogen-bond acceptors (Lipinski definition) is 6. The van der Waals surface area contributed by atoms with Crippen LogP contribution in [0.3, 0.4) is 0 Å². The monoisotopic (exact) mass is 430 g/mol. The normalized spacial score (nSPS) is 16.7. The SMILES string of the molecule is Cc1ccc(F)c(CN2CCN(c3c(C#N)c(=O)n(C)c4ccc(C#N)nc34)C[C@H]2C)c1. The molecular weight excluding hydrogens is 407 g/mol. The summed E-state index contributed by atoms with van der Waals surface area (Å²) < 4.78 is 15.7. The Hall–Kier alpha value is -3.75. The molecule has 1 saturated heterocycles. The lowest BCUT2D eigenvalue weighted by Gasteiger charge is -2.41. The maximum atomic E-state index is 14.3. The van der Waals surface area contributed by atoms with Gasteiger partial charge in [-0.2, -0.15) is 10.5 Å². The van der Waals surface area contributed by atoms with Crippen molar-refractivity contribution >= 4 is 16.7 Å². The molecule has 0 aliphatic carbocycles. The molecule has 162 valence electrons. The third-order valence-corrected chi connectivity index (χ3v) is 6.10. The number of rotatable bonds is 3. The van der Waals surface area contributed by atoms with Gasteiger partial charge in [0.2, 0.25) is 0 Å². The van der Waals surface area contributed by atoms with E-state index in [1.807, 2.05) is 30.9 Å². The Morgan fingerprint density at radius 3 is 2.66 bits per heavy atom. The van der Waals surface area contributed by atoms with Crippen LogP contribution < -0.4 is 10.5 Å². The Kier molecular flexibility index (Phi) is 5.65. The number of nitriles is 2. The Morgan fingerprint density at radius 1 is 1.19 bits per heavy atom. The molecule has 0 amide bonds. The van der Waals surface area contributed by atoms with E-state index in [1.54, 1.807) is 25.2 Å². The number of halogens is 1. The highest BCUT2D eigenvalue weighted by molar-refractivity contribution is 5.92. The van der Waals surface area contributed by atoms with Crippen LogP contribution >= 0.6 is 0 Å². The Morgan fingerprint density at radius 2 is 1.97 bits per heavy atom. The number of aromatic nitrogens is 2. The molecule has 2 aromatic heterocycles. The average molecular weight is 430 g/mol. The lowest BCUT2D eigenvalue weighted by Crippen LogP contribution is -2.52. The predicted molar refractivity (Wildman–Crippen MR) is 120 cm³/mol. The standard InChI is InChI=1S/C24H23FN6O/c1-15-4-6-20(25)17(10-15)14-30-8-9-31(13-16(30)2)23-19(12-27)24(32)29(3)21-7-5-18(11-26)28-22(21)23/h4-7,10,16H,8-9,13-14H2,1-3H3/t16-/m1/s1. The number of hydrogen-bond donors (Lipinski definition) is 0. The molecule has 1 aromatic carbocycles. The van der Waals surface area contributed by atoms with E-state index in [4.69, 9.17) is 0 Å². The van der Waals surface area contributed by atoms with Crippen molar-refractivity contribution in [2.45, 2.75) is 26.4 Å². The predicted octanol–water partition coefficient (Wildman–Crippen LogP) is 2.84. The molecule has 0 bridgehead atoms. The van der Waals surface area contributed by atoms with Gasteiger partial charge in [0.25, 0.3) is 5.56 Å². The molecule has 0 spiro atoms. The van der Waals surface area contributed by atoms with Crippen molar-refractivity contribution in [2.24, 2.45) is 7.05 Å². The van der Waals surface area contributed by atoms with Crippen molar-refractivity contribution in [1.29, 1.82) is 10.5 Å². The zero-order valence-corrected chi connectivity index (χ0v) is 18.3. The quantitative estimate of drug-likeness (QED) is 0.635. The van der Waals surface area contributed by atoms with E-state index in [1.165, 1.54) is 10.6 Å². The molecule has 0 saturated carbocycles. The number of fused-ring (bicyclic) bond motifs is 1. The van der Waals surface area contributed by atoms with Gasteiger partial charge >= 0.3 is 0 Å². The first-order chi connectivity index (χ1) is 15.3. The van der Waals surface area contributed by atoms with Gasteiger partial charge in [-0.25, -0.2) is 9.37 Å². The molecule has 8 heteroatoms. The number of anilines is 1. The molecule has 3 heterocycles. The van der Waals surface area contributed by atoms with Crippen LogP contribution in [0.4, 0.5) is 10.1 Å². The van der Waals surface area contributed by atoms with E-state index in [0.717, 1.165) is 5.56 Å². The fourth-order valence-electron chi connectivity index (χ4n) is 4.34. The van der Waals surface area contributed by atoms with Crippen LogP contribution in [-0.4, -0.2) is 40.1 Å². The number of pyridine rings is 2. The molecule has 0 unspecified atom stereocenters. The Bertz CT molecular complexity index is 1350. The largest absolute Gasteiger partial charge is 0.366 e. The average Bonchev–Trinajstić information content (AvgIpc) is 2.79. The molecule has 1 fully saturated rings. The van der Waals surface area contributed by atoms with Gasteiger partial charge in [0.1, 0.15) is 34.7 Å². The van der Waals surface area contributed by atoms with Crippen LogP contribution in [0, 0.1) is 35.4 Å². The fourth-order valence-corrected chi connectivity index (χ4v) is 4.34. The highest BCUT2D eigenvalue weighted by Crippen LogP contribution is 2.30. The number of nitrogens with zero attached hydrogens (tertiary/aromatic N) is 6. The summed E-state index contributed by atoms with van der Waals surface area (Å²) in [5.74, 6) is -0.220. The summed E-state index contributed by atoms with van der Waals surface area (Å²) in [6.07, 6.45) is 0. The van der Waals surface area contributed by atoms with Crippen LogP contribution in [0.15, 0.2) is 35.1 Å². The first kappa shape index (κ1) is 21.5. The molecule has 4 rings (SSSR count). The first-order valence-electron chi connectivity index (χ1n) is 10.4. The smallest absolute Gasteiger partial charge is 0.270 e. The van der Waals surface area contributed by atoms with Crippen molar-refractivity contribution in [2.75, 3.05) is 24.5 Å². The number of benzene rings is 1. The third kappa shape index (κ3) is 3.70. The van der Waals surface area contributed by atoms with Crippen molar-refractivity contribution in [3.05, 3.63) is 68.9 Å². The van der Waals surface area contributed by atoms with Crippen molar-refractivity contribution < 1.29 is 4.39 Å². The van der Waals surface area contributed by atoms with Gasteiger partial charge < -0.3 is 9.47 Å². The molecule has 32 heavy (non-hydrogen) atoms. The highest BCUT2D eigenvalue weighted by atomic mass is 19.1. The van der Waals surface area contributed by atoms with Crippen LogP contribution in [0.1, 0.15) is 29.3 Å². The Labute approximate surface area is 185 Å². The molecule has 0 radical (unpaired) electrons. The second kappa shape index (κ2) is 8.41. The summed E-state index contributed by atoms with van der Waals surface area (Å²) in [7, 11) is 1.60. The van der Waals surface area contributed by atoms with Crippen molar-refractivity contribution in [3.8, 4) is 12.1 Å². The maximum absolute atomic E-state index is 14.3. The summed E-state index contributed by atoms with van der Waals surface area (Å²) >= 11 is 0. The third-order valence-electron chi connectivity index (χ3n) is 6.10. The summed E-state index contributed by atoms with van der Waals surface area (Å²) in [6, 6.07) is 12.5. The van der Waals surface area contributed by atoms with Crippen LogP contribution in [0.5, 0.6) is 0 Å². The first-order valence-corrected chi connectivity index (χ1v) is 10.4. The van der Waals surface area contributed by atoms with Gasteiger partial charge in [-0.15, -0.1) is 0 Å². The van der Waals surface area contributed by atoms with E-state index < -0.39 is 5.56 Å². The molecule has 1 atom stereocenters. The lowest BCUT2D eigenvalue weighted by molar-refractivity contribution is 0.179. The van der Waals surface area contributed by atoms with Crippen molar-refractivity contribution in [3.63, 3.8) is 0 Å². The van der Waals surface area contributed by atoms with Gasteiger partial charge in [-0.1, -0.05) is 17.7 Å². The van der Waals surface area contributed by atoms with Crippen LogP contribution in [0.25, 0.3) is 11.0 Å². The molecule has 1 aliphatic heterocycles. The Balaban J connectivity index is 1.71. The van der Waals surface area contributed by atoms with E-state index in [9.17, 15) is 19.7 Å². The second-order valence-electron chi connectivity index (χ2n) is 8.24. The van der Waals surface area contributed by atoms with Gasteiger partial charge in [0.15, 0.2) is 0 Å². The van der Waals surface area contributed by atoms with E-state index in [0.29, 0.717) is 48.5 Å². The highest BCUT2D eigenvalue weighted by Gasteiger charge is 2.29. The van der Waals surface area contributed by atoms with Crippen LogP contribution in [0.2, 0.25) is 0 Å². The number of aryl methyl sites for hydroxylation is 2. The summed E-state index contributed by atoms with van der Waals surface area (Å²) in [5.41, 5.74) is 3.03. The minimum atomic E-state index is -0.390. The van der Waals surface area contributed by atoms with Crippen molar-refractivity contribution in [1.82, 2.24) is 14.5 Å². The molecule has 3 aromatic rings. The van der Waals surface area contributed by atoms with E-state index in [-0.39, 0.29) is 23.1 Å². The summed E-state index contributed by atoms with van der Waals surface area (Å²) in [6.45, 7) is 6.20. The topological polar surface area (TPSA) is 89.0 Å². The van der Waals surface area contributed by atoms with Gasteiger partial charge in [0.05, 0.1) is 11.2 Å². The van der Waals surface area contributed by atoms with E-state index >= 15 is 0 Å².